The standard InChI is InChI=1S/C18H21N3O2/c1-13(2)18(15-10-19-12-20-16(15)11-22)21(3)17(23)9-14-7-5-4-6-8-14/h4-8,10-13,18H,9H2,1-3H3. The first-order chi connectivity index (χ1) is 11.0. The third-order valence-electron chi connectivity index (χ3n) is 3.84. The lowest BCUT2D eigenvalue weighted by Gasteiger charge is -2.32. The summed E-state index contributed by atoms with van der Waals surface area (Å²) in [6.07, 6.45) is 4.00. The van der Waals surface area contributed by atoms with Gasteiger partial charge in [-0.3, -0.25) is 9.59 Å². The summed E-state index contributed by atoms with van der Waals surface area (Å²) in [5, 5.41) is 0. The molecule has 0 radical (unpaired) electrons. The SMILES string of the molecule is CC(C)C(c1cncnc1C=O)N(C)C(=O)Cc1ccccc1. The van der Waals surface area contributed by atoms with Crippen molar-refractivity contribution in [2.75, 3.05) is 7.05 Å². The van der Waals surface area contributed by atoms with E-state index in [9.17, 15) is 9.59 Å². The van der Waals surface area contributed by atoms with E-state index in [0.717, 1.165) is 5.56 Å². The van der Waals surface area contributed by atoms with Gasteiger partial charge < -0.3 is 4.90 Å². The highest BCUT2D eigenvalue weighted by molar-refractivity contribution is 5.80. The zero-order chi connectivity index (χ0) is 16.8. The largest absolute Gasteiger partial charge is 0.338 e. The summed E-state index contributed by atoms with van der Waals surface area (Å²) in [5.41, 5.74) is 1.98. The molecule has 0 fully saturated rings. The molecule has 0 aliphatic carbocycles. The molecule has 1 aromatic carbocycles. The third kappa shape index (κ3) is 4.00. The summed E-state index contributed by atoms with van der Waals surface area (Å²) in [7, 11) is 1.76. The number of rotatable bonds is 6. The van der Waals surface area contributed by atoms with E-state index in [1.807, 2.05) is 44.2 Å². The average molecular weight is 311 g/mol. The highest BCUT2D eigenvalue weighted by atomic mass is 16.2. The second-order valence-corrected chi connectivity index (χ2v) is 5.84. The Morgan fingerprint density at radius 1 is 1.26 bits per heavy atom. The van der Waals surface area contributed by atoms with Crippen LogP contribution >= 0.6 is 0 Å². The van der Waals surface area contributed by atoms with Gasteiger partial charge in [-0.1, -0.05) is 44.2 Å². The molecule has 23 heavy (non-hydrogen) atoms. The highest BCUT2D eigenvalue weighted by Crippen LogP contribution is 2.28. The minimum Gasteiger partial charge on any atom is -0.338 e. The van der Waals surface area contributed by atoms with Crippen LogP contribution in [0.5, 0.6) is 0 Å². The van der Waals surface area contributed by atoms with E-state index in [2.05, 4.69) is 9.97 Å². The van der Waals surface area contributed by atoms with Crippen molar-refractivity contribution in [1.29, 1.82) is 0 Å². The van der Waals surface area contributed by atoms with Crippen molar-refractivity contribution in [2.45, 2.75) is 26.3 Å². The molecule has 0 saturated heterocycles. The Hall–Kier alpha value is -2.56. The lowest BCUT2D eigenvalue weighted by molar-refractivity contribution is -0.132. The number of carbonyl (C=O) groups excluding carboxylic acids is 2. The fourth-order valence-electron chi connectivity index (χ4n) is 2.74. The fourth-order valence-corrected chi connectivity index (χ4v) is 2.74. The Labute approximate surface area is 136 Å². The number of likely N-dealkylation sites (N-methyl/N-ethyl adjacent to an activating group) is 1. The summed E-state index contributed by atoms with van der Waals surface area (Å²) < 4.78 is 0. The van der Waals surface area contributed by atoms with E-state index in [1.54, 1.807) is 18.1 Å². The molecule has 0 N–H and O–H groups in total. The Morgan fingerprint density at radius 2 is 1.96 bits per heavy atom. The molecule has 0 aliphatic rings. The topological polar surface area (TPSA) is 63.2 Å². The van der Waals surface area contributed by atoms with E-state index in [4.69, 9.17) is 0 Å². The third-order valence-corrected chi connectivity index (χ3v) is 3.84. The number of aromatic nitrogens is 2. The monoisotopic (exact) mass is 311 g/mol. The van der Waals surface area contributed by atoms with Gasteiger partial charge in [-0.15, -0.1) is 0 Å². The van der Waals surface area contributed by atoms with E-state index in [1.165, 1.54) is 6.33 Å². The summed E-state index contributed by atoms with van der Waals surface area (Å²) in [6.45, 7) is 4.02. The van der Waals surface area contributed by atoms with Crippen molar-refractivity contribution in [2.24, 2.45) is 5.92 Å². The van der Waals surface area contributed by atoms with Gasteiger partial charge in [0.2, 0.25) is 5.91 Å². The van der Waals surface area contributed by atoms with Crippen LogP contribution in [0.25, 0.3) is 0 Å². The van der Waals surface area contributed by atoms with Crippen LogP contribution in [0.1, 0.15) is 41.5 Å². The predicted molar refractivity (Wildman–Crippen MR) is 87.9 cm³/mol. The van der Waals surface area contributed by atoms with Crippen LogP contribution in [0.4, 0.5) is 0 Å². The van der Waals surface area contributed by atoms with Crippen molar-refractivity contribution in [3.05, 3.63) is 59.7 Å². The molecule has 2 aromatic rings. The van der Waals surface area contributed by atoms with E-state index >= 15 is 0 Å². The maximum atomic E-state index is 12.6. The fraction of sp³-hybridized carbons (Fsp3) is 0.333. The van der Waals surface area contributed by atoms with Crippen LogP contribution in [0.3, 0.4) is 0 Å². The molecule has 5 nitrogen and oxygen atoms in total. The van der Waals surface area contributed by atoms with Crippen LogP contribution in [0.2, 0.25) is 0 Å². The van der Waals surface area contributed by atoms with Gasteiger partial charge in [0.15, 0.2) is 6.29 Å². The van der Waals surface area contributed by atoms with Gasteiger partial charge in [-0.05, 0) is 11.5 Å². The van der Waals surface area contributed by atoms with Gasteiger partial charge in [0.05, 0.1) is 12.5 Å². The van der Waals surface area contributed by atoms with Gasteiger partial charge in [0.25, 0.3) is 0 Å². The summed E-state index contributed by atoms with van der Waals surface area (Å²) in [6, 6.07) is 9.37. The van der Waals surface area contributed by atoms with Crippen LogP contribution < -0.4 is 0 Å². The molecule has 5 heteroatoms. The van der Waals surface area contributed by atoms with Crippen molar-refractivity contribution < 1.29 is 9.59 Å². The average Bonchev–Trinajstić information content (AvgIpc) is 2.56. The maximum absolute atomic E-state index is 12.6. The first-order valence-electron chi connectivity index (χ1n) is 7.59. The Morgan fingerprint density at radius 3 is 2.57 bits per heavy atom. The molecule has 0 saturated carbocycles. The first-order valence-corrected chi connectivity index (χ1v) is 7.59. The van der Waals surface area contributed by atoms with Crippen molar-refractivity contribution in [3.63, 3.8) is 0 Å². The van der Waals surface area contributed by atoms with Crippen LogP contribution in [0, 0.1) is 5.92 Å². The van der Waals surface area contributed by atoms with Crippen molar-refractivity contribution in [3.8, 4) is 0 Å². The van der Waals surface area contributed by atoms with Crippen LogP contribution in [-0.2, 0) is 11.2 Å². The number of amides is 1. The minimum absolute atomic E-state index is 0.00407. The molecule has 1 atom stereocenters. The number of carbonyl (C=O) groups is 2. The number of benzene rings is 1. The molecule has 1 amide bonds. The quantitative estimate of drug-likeness (QED) is 0.769. The maximum Gasteiger partial charge on any atom is 0.227 e. The second kappa shape index (κ2) is 7.63. The van der Waals surface area contributed by atoms with E-state index < -0.39 is 0 Å². The van der Waals surface area contributed by atoms with E-state index in [-0.39, 0.29) is 17.9 Å². The lowest BCUT2D eigenvalue weighted by Crippen LogP contribution is -2.36. The van der Waals surface area contributed by atoms with Gasteiger partial charge in [-0.25, -0.2) is 9.97 Å². The van der Waals surface area contributed by atoms with Crippen molar-refractivity contribution >= 4 is 12.2 Å². The molecular weight excluding hydrogens is 290 g/mol. The summed E-state index contributed by atoms with van der Waals surface area (Å²) in [4.78, 5) is 33.6. The van der Waals surface area contributed by atoms with Crippen molar-refractivity contribution in [1.82, 2.24) is 14.9 Å². The molecule has 120 valence electrons. The zero-order valence-corrected chi connectivity index (χ0v) is 13.6. The molecule has 1 unspecified atom stereocenters. The lowest BCUT2D eigenvalue weighted by atomic mass is 9.94. The van der Waals surface area contributed by atoms with Gasteiger partial charge >= 0.3 is 0 Å². The first kappa shape index (κ1) is 16.8. The zero-order valence-electron chi connectivity index (χ0n) is 13.6. The Balaban J connectivity index is 2.26. The van der Waals surface area contributed by atoms with Gasteiger partial charge in [0.1, 0.15) is 12.0 Å². The molecule has 1 heterocycles. The molecule has 0 aliphatic heterocycles. The highest BCUT2D eigenvalue weighted by Gasteiger charge is 2.27. The van der Waals surface area contributed by atoms with Gasteiger partial charge in [0, 0.05) is 18.8 Å². The Bertz CT molecular complexity index is 671. The molecule has 0 spiro atoms. The number of hydrogen-bond acceptors (Lipinski definition) is 4. The predicted octanol–water partition coefficient (Wildman–Crippen LogP) is 2.69. The smallest absolute Gasteiger partial charge is 0.227 e. The number of nitrogens with zero attached hydrogens (tertiary/aromatic N) is 3. The van der Waals surface area contributed by atoms with Crippen LogP contribution in [0.15, 0.2) is 42.9 Å². The number of aldehydes is 1. The molecular formula is C18H21N3O2. The number of hydrogen-bond donors (Lipinski definition) is 0. The normalized spacial score (nSPS) is 12.0. The summed E-state index contributed by atoms with van der Waals surface area (Å²) in [5.74, 6) is 0.125. The molecule has 0 bridgehead atoms. The molecule has 1 aromatic heterocycles. The van der Waals surface area contributed by atoms with E-state index in [0.29, 0.717) is 24.0 Å². The van der Waals surface area contributed by atoms with Crippen LogP contribution in [-0.4, -0.2) is 34.1 Å². The Kier molecular flexibility index (Phi) is 5.57. The summed E-state index contributed by atoms with van der Waals surface area (Å²) >= 11 is 0. The molecule has 2 rings (SSSR count). The minimum atomic E-state index is -0.243. The second-order valence-electron chi connectivity index (χ2n) is 5.84. The van der Waals surface area contributed by atoms with Gasteiger partial charge in [-0.2, -0.15) is 0 Å².